The Morgan fingerprint density at radius 1 is 1.31 bits per heavy atom. The number of carbonyl (C=O) groups excluding carboxylic acids is 1. The predicted molar refractivity (Wildman–Crippen MR) is 68.4 cm³/mol. The molecular weight excluding hydrogens is 202 g/mol. The first-order valence-corrected chi connectivity index (χ1v) is 5.49. The Balaban J connectivity index is 0.00000106. The molecule has 1 rings (SSSR count). The van der Waals surface area contributed by atoms with E-state index in [1.165, 1.54) is 5.56 Å². The number of hydrogen-bond acceptors (Lipinski definition) is 3. The summed E-state index contributed by atoms with van der Waals surface area (Å²) in [6.07, 6.45) is 0.749. The van der Waals surface area contributed by atoms with E-state index in [1.54, 1.807) is 0 Å². The first-order chi connectivity index (χ1) is 7.65. The number of nitrogens with zero attached hydrogens (tertiary/aromatic N) is 1. The van der Waals surface area contributed by atoms with Crippen LogP contribution in [0.4, 0.5) is 5.69 Å². The van der Waals surface area contributed by atoms with Crippen molar-refractivity contribution in [2.45, 2.75) is 20.8 Å². The molecule has 0 aliphatic rings. The molecule has 90 valence electrons. The number of rotatable bonds is 4. The predicted octanol–water partition coefficient (Wildman–Crippen LogP) is 2.66. The van der Waals surface area contributed by atoms with Gasteiger partial charge in [-0.15, -0.1) is 0 Å². The highest BCUT2D eigenvalue weighted by Crippen LogP contribution is 2.27. The molecule has 0 amide bonds. The Hall–Kier alpha value is -1.51. The quantitative estimate of drug-likeness (QED) is 0.735. The third-order valence-electron chi connectivity index (χ3n) is 1.90. The van der Waals surface area contributed by atoms with Crippen molar-refractivity contribution in [1.29, 1.82) is 0 Å². The molecule has 3 nitrogen and oxygen atoms in total. The van der Waals surface area contributed by atoms with Crippen molar-refractivity contribution in [3.05, 3.63) is 23.8 Å². The van der Waals surface area contributed by atoms with Crippen LogP contribution in [0.25, 0.3) is 0 Å². The summed E-state index contributed by atoms with van der Waals surface area (Å²) in [5, 5.41) is 0. The van der Waals surface area contributed by atoms with Crippen molar-refractivity contribution in [3.8, 4) is 5.75 Å². The van der Waals surface area contributed by atoms with Crippen LogP contribution in [-0.2, 0) is 4.79 Å². The second-order valence-corrected chi connectivity index (χ2v) is 3.34. The van der Waals surface area contributed by atoms with E-state index in [9.17, 15) is 4.79 Å². The number of hydrogen-bond donors (Lipinski definition) is 0. The number of benzene rings is 1. The van der Waals surface area contributed by atoms with Gasteiger partial charge in [0.2, 0.25) is 0 Å². The maximum atomic E-state index is 10.2. The number of carbonyl (C=O) groups is 1. The van der Waals surface area contributed by atoms with Gasteiger partial charge >= 0.3 is 0 Å². The third kappa shape index (κ3) is 4.34. The largest absolute Gasteiger partial charge is 0.484 e. The molecular formula is C13H21NO2. The van der Waals surface area contributed by atoms with E-state index in [1.807, 2.05) is 58.0 Å². The summed E-state index contributed by atoms with van der Waals surface area (Å²) in [7, 11) is 3.89. The highest BCUT2D eigenvalue weighted by Gasteiger charge is 2.05. The van der Waals surface area contributed by atoms with E-state index in [2.05, 4.69) is 0 Å². The van der Waals surface area contributed by atoms with Gasteiger partial charge in [0.25, 0.3) is 0 Å². The van der Waals surface area contributed by atoms with Gasteiger partial charge < -0.3 is 9.64 Å². The number of aryl methyl sites for hydroxylation is 1. The molecule has 1 aromatic rings. The van der Waals surface area contributed by atoms with E-state index in [0.29, 0.717) is 0 Å². The zero-order valence-corrected chi connectivity index (χ0v) is 10.8. The molecule has 0 bridgehead atoms. The summed E-state index contributed by atoms with van der Waals surface area (Å²) in [4.78, 5) is 12.2. The van der Waals surface area contributed by atoms with Gasteiger partial charge in [0.1, 0.15) is 12.4 Å². The maximum Gasteiger partial charge on any atom is 0.157 e. The molecule has 0 N–H and O–H groups in total. The van der Waals surface area contributed by atoms with E-state index in [4.69, 9.17) is 4.74 Å². The van der Waals surface area contributed by atoms with Gasteiger partial charge in [-0.2, -0.15) is 0 Å². The van der Waals surface area contributed by atoms with Crippen LogP contribution in [0, 0.1) is 6.92 Å². The number of aldehydes is 1. The standard InChI is InChI=1S/C11H15NO2.C2H6/c1-9-4-5-11(14-7-6-13)10(8-9)12(2)3;1-2/h4-6,8H,7H2,1-3H3;1-2H3. The van der Waals surface area contributed by atoms with Gasteiger partial charge in [0.05, 0.1) is 5.69 Å². The first-order valence-electron chi connectivity index (χ1n) is 5.49. The molecule has 3 heteroatoms. The molecule has 0 saturated carbocycles. The van der Waals surface area contributed by atoms with E-state index in [-0.39, 0.29) is 6.61 Å². The van der Waals surface area contributed by atoms with Gasteiger partial charge in [-0.3, -0.25) is 4.79 Å². The van der Waals surface area contributed by atoms with Crippen molar-refractivity contribution in [1.82, 2.24) is 0 Å². The smallest absolute Gasteiger partial charge is 0.157 e. The van der Waals surface area contributed by atoms with Gasteiger partial charge in [0, 0.05) is 14.1 Å². The van der Waals surface area contributed by atoms with Crippen LogP contribution in [0.3, 0.4) is 0 Å². The highest BCUT2D eigenvalue weighted by atomic mass is 16.5. The minimum Gasteiger partial charge on any atom is -0.484 e. The van der Waals surface area contributed by atoms with Gasteiger partial charge in [-0.25, -0.2) is 0 Å². The van der Waals surface area contributed by atoms with E-state index >= 15 is 0 Å². The molecule has 0 heterocycles. The minimum absolute atomic E-state index is 0.101. The van der Waals surface area contributed by atoms with Crippen LogP contribution in [0.5, 0.6) is 5.75 Å². The molecule has 1 aromatic carbocycles. The summed E-state index contributed by atoms with van der Waals surface area (Å²) < 4.78 is 5.29. The van der Waals surface area contributed by atoms with Crippen LogP contribution in [0.15, 0.2) is 18.2 Å². The normalized spacial score (nSPS) is 8.81. The summed E-state index contributed by atoms with van der Waals surface area (Å²) >= 11 is 0. The van der Waals surface area contributed by atoms with Gasteiger partial charge in [-0.1, -0.05) is 19.9 Å². The van der Waals surface area contributed by atoms with Crippen LogP contribution in [-0.4, -0.2) is 27.0 Å². The summed E-state index contributed by atoms with van der Waals surface area (Å²) in [6, 6.07) is 5.88. The molecule has 0 aliphatic heterocycles. The third-order valence-corrected chi connectivity index (χ3v) is 1.90. The topological polar surface area (TPSA) is 29.5 Å². The highest BCUT2D eigenvalue weighted by molar-refractivity contribution is 5.60. The van der Waals surface area contributed by atoms with Crippen molar-refractivity contribution in [3.63, 3.8) is 0 Å². The fourth-order valence-electron chi connectivity index (χ4n) is 1.22. The molecule has 16 heavy (non-hydrogen) atoms. The first kappa shape index (κ1) is 14.5. The van der Waals surface area contributed by atoms with Crippen LogP contribution in [0.2, 0.25) is 0 Å². The molecule has 0 aromatic heterocycles. The Bertz CT molecular complexity index is 322. The Kier molecular flexibility index (Phi) is 7.01. The van der Waals surface area contributed by atoms with Crippen molar-refractivity contribution in [2.24, 2.45) is 0 Å². The summed E-state index contributed by atoms with van der Waals surface area (Å²) in [5.41, 5.74) is 2.17. The summed E-state index contributed by atoms with van der Waals surface area (Å²) in [6.45, 7) is 6.13. The fourth-order valence-corrected chi connectivity index (χ4v) is 1.22. The Labute approximate surface area is 98.0 Å². The number of ether oxygens (including phenoxy) is 1. The van der Waals surface area contributed by atoms with E-state index < -0.39 is 0 Å². The molecule has 0 aliphatic carbocycles. The fraction of sp³-hybridized carbons (Fsp3) is 0.462. The van der Waals surface area contributed by atoms with Crippen molar-refractivity contribution in [2.75, 3.05) is 25.6 Å². The summed E-state index contributed by atoms with van der Waals surface area (Å²) in [5.74, 6) is 0.743. The van der Waals surface area contributed by atoms with Crippen LogP contribution in [0.1, 0.15) is 19.4 Å². The average molecular weight is 223 g/mol. The molecule has 0 spiro atoms. The average Bonchev–Trinajstić information content (AvgIpc) is 2.30. The van der Waals surface area contributed by atoms with Gasteiger partial charge in [0.15, 0.2) is 6.29 Å². The lowest BCUT2D eigenvalue weighted by atomic mass is 10.2. The zero-order chi connectivity index (χ0) is 12.6. The monoisotopic (exact) mass is 223 g/mol. The maximum absolute atomic E-state index is 10.2. The van der Waals surface area contributed by atoms with Crippen molar-refractivity contribution >= 4 is 12.0 Å². The lowest BCUT2D eigenvalue weighted by molar-refractivity contribution is -0.109. The molecule has 0 unspecified atom stereocenters. The molecule has 0 radical (unpaired) electrons. The SMILES string of the molecule is CC.Cc1ccc(OCC=O)c(N(C)C)c1. The van der Waals surface area contributed by atoms with Crippen LogP contribution >= 0.6 is 0 Å². The zero-order valence-electron chi connectivity index (χ0n) is 10.8. The number of anilines is 1. The van der Waals surface area contributed by atoms with E-state index in [0.717, 1.165) is 17.7 Å². The molecule has 0 fully saturated rings. The molecule has 0 atom stereocenters. The second-order valence-electron chi connectivity index (χ2n) is 3.34. The van der Waals surface area contributed by atoms with Crippen LogP contribution < -0.4 is 9.64 Å². The lowest BCUT2D eigenvalue weighted by Gasteiger charge is -2.17. The lowest BCUT2D eigenvalue weighted by Crippen LogP contribution is -2.11. The Morgan fingerprint density at radius 2 is 1.94 bits per heavy atom. The van der Waals surface area contributed by atoms with Crippen molar-refractivity contribution < 1.29 is 9.53 Å². The second kappa shape index (κ2) is 7.74. The Morgan fingerprint density at radius 3 is 2.44 bits per heavy atom. The molecule has 0 saturated heterocycles. The van der Waals surface area contributed by atoms with Gasteiger partial charge in [-0.05, 0) is 24.6 Å². The minimum atomic E-state index is 0.101.